The molecule has 1 aromatic carbocycles. The lowest BCUT2D eigenvalue weighted by molar-refractivity contribution is -0.132. The molecule has 0 bridgehead atoms. The van der Waals surface area contributed by atoms with Crippen LogP contribution in [0.1, 0.15) is 18.7 Å². The summed E-state index contributed by atoms with van der Waals surface area (Å²) in [6, 6.07) is 10.0. The number of oxazole rings is 1. The average molecular weight is 427 g/mol. The van der Waals surface area contributed by atoms with Crippen LogP contribution >= 0.6 is 24.8 Å². The van der Waals surface area contributed by atoms with Crippen LogP contribution in [0.5, 0.6) is 0 Å². The Balaban J connectivity index is 0.00000140. The molecule has 1 aromatic heterocycles. The molecule has 2 aliphatic rings. The van der Waals surface area contributed by atoms with Gasteiger partial charge in [-0.2, -0.15) is 0 Å². The van der Waals surface area contributed by atoms with Gasteiger partial charge in [0.1, 0.15) is 0 Å². The summed E-state index contributed by atoms with van der Waals surface area (Å²) in [4.78, 5) is 20.9. The van der Waals surface area contributed by atoms with Crippen molar-refractivity contribution in [2.45, 2.75) is 19.4 Å². The normalized spacial score (nSPS) is 16.9. The molecular formula is C20H28Cl2N4O2. The third-order valence-electron chi connectivity index (χ3n) is 5.10. The van der Waals surface area contributed by atoms with Gasteiger partial charge < -0.3 is 14.6 Å². The zero-order chi connectivity index (χ0) is 17.8. The van der Waals surface area contributed by atoms with Gasteiger partial charge in [-0.15, -0.1) is 24.8 Å². The average Bonchev–Trinajstić information content (AvgIpc) is 3.39. The first-order valence-electron chi connectivity index (χ1n) is 9.49. The van der Waals surface area contributed by atoms with Gasteiger partial charge in [-0.05, 0) is 25.3 Å². The van der Waals surface area contributed by atoms with Crippen LogP contribution in [0.3, 0.4) is 0 Å². The van der Waals surface area contributed by atoms with Gasteiger partial charge in [-0.3, -0.25) is 9.69 Å². The number of hydrogen-bond acceptors (Lipinski definition) is 5. The Bertz CT molecular complexity index is 729. The van der Waals surface area contributed by atoms with Crippen molar-refractivity contribution in [3.63, 3.8) is 0 Å². The highest BCUT2D eigenvalue weighted by Crippen LogP contribution is 2.27. The fourth-order valence-corrected chi connectivity index (χ4v) is 3.28. The predicted octanol–water partition coefficient (Wildman–Crippen LogP) is 2.83. The molecule has 1 amide bonds. The van der Waals surface area contributed by atoms with Crippen molar-refractivity contribution in [1.82, 2.24) is 20.1 Å². The van der Waals surface area contributed by atoms with Crippen LogP contribution in [0.4, 0.5) is 0 Å². The minimum atomic E-state index is 0. The lowest BCUT2D eigenvalue weighted by atomic mass is 10.2. The molecule has 154 valence electrons. The number of carbonyl (C=O) groups is 1. The Morgan fingerprint density at radius 3 is 2.50 bits per heavy atom. The summed E-state index contributed by atoms with van der Waals surface area (Å²) in [6.07, 6.45) is 4.41. The van der Waals surface area contributed by atoms with E-state index in [1.54, 1.807) is 6.20 Å². The number of rotatable bonds is 7. The third-order valence-corrected chi connectivity index (χ3v) is 5.10. The van der Waals surface area contributed by atoms with E-state index in [0.29, 0.717) is 13.1 Å². The Hall–Kier alpha value is -1.60. The molecule has 1 N–H and O–H groups in total. The number of amides is 1. The van der Waals surface area contributed by atoms with Crippen LogP contribution < -0.4 is 5.32 Å². The Kier molecular flexibility index (Phi) is 8.76. The van der Waals surface area contributed by atoms with Crippen molar-refractivity contribution in [2.24, 2.45) is 5.92 Å². The van der Waals surface area contributed by atoms with E-state index in [2.05, 4.69) is 15.2 Å². The number of piperazine rings is 1. The van der Waals surface area contributed by atoms with Gasteiger partial charge in [0.2, 0.25) is 11.8 Å². The number of halogens is 2. The summed E-state index contributed by atoms with van der Waals surface area (Å²) in [5.41, 5.74) is 1.04. The topological polar surface area (TPSA) is 61.6 Å². The van der Waals surface area contributed by atoms with Crippen molar-refractivity contribution in [3.8, 4) is 11.3 Å². The second-order valence-corrected chi connectivity index (χ2v) is 7.22. The smallest absolute Gasteiger partial charge is 0.236 e. The molecule has 2 fully saturated rings. The number of carbonyl (C=O) groups excluding carboxylic acids is 1. The van der Waals surface area contributed by atoms with Crippen molar-refractivity contribution < 1.29 is 9.21 Å². The molecule has 1 aliphatic carbocycles. The van der Waals surface area contributed by atoms with Gasteiger partial charge in [0.25, 0.3) is 0 Å². The molecule has 8 heteroatoms. The maximum atomic E-state index is 12.2. The number of nitrogens with one attached hydrogen (secondary N) is 1. The first-order chi connectivity index (χ1) is 12.8. The molecule has 1 saturated carbocycles. The second kappa shape index (κ2) is 10.8. The van der Waals surface area contributed by atoms with E-state index in [-0.39, 0.29) is 30.7 Å². The molecular weight excluding hydrogens is 399 g/mol. The highest BCUT2D eigenvalue weighted by Gasteiger charge is 2.24. The Morgan fingerprint density at radius 2 is 1.82 bits per heavy atom. The molecule has 1 aliphatic heterocycles. The van der Waals surface area contributed by atoms with Crippen LogP contribution in [0.2, 0.25) is 0 Å². The van der Waals surface area contributed by atoms with E-state index in [0.717, 1.165) is 55.9 Å². The van der Waals surface area contributed by atoms with Crippen LogP contribution in [-0.2, 0) is 11.3 Å². The molecule has 0 radical (unpaired) electrons. The molecule has 2 heterocycles. The van der Waals surface area contributed by atoms with Crippen LogP contribution in [0, 0.1) is 5.92 Å². The minimum Gasteiger partial charge on any atom is -0.439 e. The quantitative estimate of drug-likeness (QED) is 0.737. The van der Waals surface area contributed by atoms with Crippen LogP contribution in [-0.4, -0.2) is 60.0 Å². The summed E-state index contributed by atoms with van der Waals surface area (Å²) >= 11 is 0. The predicted molar refractivity (Wildman–Crippen MR) is 114 cm³/mol. The summed E-state index contributed by atoms with van der Waals surface area (Å²) in [5, 5.41) is 3.28. The van der Waals surface area contributed by atoms with Crippen molar-refractivity contribution in [1.29, 1.82) is 0 Å². The lowest BCUT2D eigenvalue weighted by Gasteiger charge is -2.34. The first kappa shape index (κ1) is 22.7. The molecule has 0 spiro atoms. The molecule has 2 aromatic rings. The zero-order valence-corrected chi connectivity index (χ0v) is 17.5. The molecule has 28 heavy (non-hydrogen) atoms. The summed E-state index contributed by atoms with van der Waals surface area (Å²) in [5.74, 6) is 2.56. The van der Waals surface area contributed by atoms with E-state index in [1.807, 2.05) is 35.2 Å². The molecule has 4 rings (SSSR count). The lowest BCUT2D eigenvalue weighted by Crippen LogP contribution is -2.50. The number of benzene rings is 1. The largest absolute Gasteiger partial charge is 0.439 e. The van der Waals surface area contributed by atoms with Gasteiger partial charge in [0.05, 0.1) is 19.3 Å². The van der Waals surface area contributed by atoms with Gasteiger partial charge in [-0.25, -0.2) is 4.98 Å². The third kappa shape index (κ3) is 6.21. The van der Waals surface area contributed by atoms with Gasteiger partial charge in [0.15, 0.2) is 5.76 Å². The van der Waals surface area contributed by atoms with Crippen LogP contribution in [0.15, 0.2) is 40.9 Å². The zero-order valence-electron chi connectivity index (χ0n) is 15.9. The summed E-state index contributed by atoms with van der Waals surface area (Å²) in [6.45, 7) is 5.41. The van der Waals surface area contributed by atoms with Gasteiger partial charge in [0, 0.05) is 31.7 Å². The monoisotopic (exact) mass is 426 g/mol. The van der Waals surface area contributed by atoms with Crippen molar-refractivity contribution in [2.75, 3.05) is 39.3 Å². The minimum absolute atomic E-state index is 0. The number of nitrogens with zero attached hydrogens (tertiary/aromatic N) is 3. The highest BCUT2D eigenvalue weighted by molar-refractivity contribution is 5.85. The Morgan fingerprint density at radius 1 is 1.11 bits per heavy atom. The highest BCUT2D eigenvalue weighted by atomic mass is 35.5. The standard InChI is InChI=1S/C20H26N4O2.2ClH/c25-20(14-21-12-16-6-7-16)24-10-8-23(9-11-24)15-19-22-13-18(26-19)17-4-2-1-3-5-17;;/h1-5,13,16,21H,6-12,14-15H2;2*1H. The van der Waals surface area contributed by atoms with E-state index in [1.165, 1.54) is 12.8 Å². The number of hydrogen-bond donors (Lipinski definition) is 1. The second-order valence-electron chi connectivity index (χ2n) is 7.22. The molecule has 0 atom stereocenters. The fraction of sp³-hybridized carbons (Fsp3) is 0.500. The number of aromatic nitrogens is 1. The van der Waals surface area contributed by atoms with E-state index < -0.39 is 0 Å². The SMILES string of the molecule is Cl.Cl.O=C(CNCC1CC1)N1CCN(Cc2ncc(-c3ccccc3)o2)CC1. The maximum Gasteiger partial charge on any atom is 0.236 e. The Labute approximate surface area is 178 Å². The van der Waals surface area contributed by atoms with Crippen molar-refractivity contribution in [3.05, 3.63) is 42.4 Å². The van der Waals surface area contributed by atoms with E-state index >= 15 is 0 Å². The molecule has 1 saturated heterocycles. The van der Waals surface area contributed by atoms with Gasteiger partial charge >= 0.3 is 0 Å². The summed E-state index contributed by atoms with van der Waals surface area (Å²) in [7, 11) is 0. The maximum absolute atomic E-state index is 12.2. The summed E-state index contributed by atoms with van der Waals surface area (Å²) < 4.78 is 5.88. The van der Waals surface area contributed by atoms with E-state index in [4.69, 9.17) is 4.42 Å². The van der Waals surface area contributed by atoms with Crippen LogP contribution in [0.25, 0.3) is 11.3 Å². The molecule has 6 nitrogen and oxygen atoms in total. The fourth-order valence-electron chi connectivity index (χ4n) is 3.28. The molecule has 0 unspecified atom stereocenters. The van der Waals surface area contributed by atoms with E-state index in [9.17, 15) is 4.79 Å². The van der Waals surface area contributed by atoms with Gasteiger partial charge in [-0.1, -0.05) is 30.3 Å². The van der Waals surface area contributed by atoms with Crippen molar-refractivity contribution >= 4 is 30.7 Å². The first-order valence-corrected chi connectivity index (χ1v) is 9.49.